The quantitative estimate of drug-likeness (QED) is 0.799. The predicted molar refractivity (Wildman–Crippen MR) is 91.1 cm³/mol. The molecular weight excluding hydrogens is 308 g/mol. The van der Waals surface area contributed by atoms with Crippen molar-refractivity contribution in [2.75, 3.05) is 49.1 Å². The van der Waals surface area contributed by atoms with Gasteiger partial charge in [-0.1, -0.05) is 6.92 Å². The number of hydrogen-bond acceptors (Lipinski definition) is 7. The second-order valence-electron chi connectivity index (χ2n) is 6.32. The van der Waals surface area contributed by atoms with Gasteiger partial charge in [-0.3, -0.25) is 4.79 Å². The molecular formula is C16H26N6O2. The predicted octanol–water partition coefficient (Wildman–Crippen LogP) is 0.544. The number of piperazine rings is 1. The highest BCUT2D eigenvalue weighted by atomic mass is 16.5. The monoisotopic (exact) mass is 334 g/mol. The summed E-state index contributed by atoms with van der Waals surface area (Å²) >= 11 is 0. The number of morpholine rings is 1. The third kappa shape index (κ3) is 3.43. The van der Waals surface area contributed by atoms with Gasteiger partial charge in [-0.15, -0.1) is 0 Å². The smallest absolute Gasteiger partial charge is 0.230 e. The Hall–Kier alpha value is -1.96. The van der Waals surface area contributed by atoms with Crippen LogP contribution in [0.5, 0.6) is 0 Å². The highest BCUT2D eigenvalue weighted by Crippen LogP contribution is 2.21. The fraction of sp³-hybridized carbons (Fsp3) is 0.750. The molecule has 2 atom stereocenters. The summed E-state index contributed by atoms with van der Waals surface area (Å²) in [5, 5.41) is 0. The molecule has 2 aliphatic heterocycles. The van der Waals surface area contributed by atoms with Gasteiger partial charge in [0.1, 0.15) is 6.33 Å². The van der Waals surface area contributed by atoms with Crippen LogP contribution in [0.4, 0.5) is 11.9 Å². The van der Waals surface area contributed by atoms with Crippen molar-refractivity contribution in [2.45, 2.75) is 39.3 Å². The molecule has 8 nitrogen and oxygen atoms in total. The van der Waals surface area contributed by atoms with Crippen LogP contribution < -0.4 is 9.80 Å². The van der Waals surface area contributed by atoms with Crippen molar-refractivity contribution in [3.8, 4) is 0 Å². The number of amides is 1. The van der Waals surface area contributed by atoms with Crippen molar-refractivity contribution < 1.29 is 9.53 Å². The molecule has 1 aromatic heterocycles. The van der Waals surface area contributed by atoms with Crippen LogP contribution in [0, 0.1) is 0 Å². The molecule has 2 fully saturated rings. The lowest BCUT2D eigenvalue weighted by Gasteiger charge is -2.38. The number of anilines is 2. The number of rotatable bonds is 3. The second kappa shape index (κ2) is 7.29. The first kappa shape index (κ1) is 16.9. The number of aromatic nitrogens is 3. The van der Waals surface area contributed by atoms with Crippen molar-refractivity contribution in [3.05, 3.63) is 6.33 Å². The Morgan fingerprint density at radius 1 is 1.17 bits per heavy atom. The molecule has 24 heavy (non-hydrogen) atoms. The Morgan fingerprint density at radius 3 is 2.58 bits per heavy atom. The summed E-state index contributed by atoms with van der Waals surface area (Å²) in [6.07, 6.45) is 2.29. The Labute approximate surface area is 142 Å². The highest BCUT2D eigenvalue weighted by Gasteiger charge is 2.28. The molecule has 2 saturated heterocycles. The Kier molecular flexibility index (Phi) is 5.13. The zero-order chi connectivity index (χ0) is 17.1. The van der Waals surface area contributed by atoms with E-state index in [1.807, 2.05) is 11.8 Å². The van der Waals surface area contributed by atoms with E-state index in [0.717, 1.165) is 32.7 Å². The Balaban J connectivity index is 1.69. The average molecular weight is 334 g/mol. The molecule has 0 unspecified atom stereocenters. The van der Waals surface area contributed by atoms with E-state index in [0.29, 0.717) is 24.9 Å². The average Bonchev–Trinajstić information content (AvgIpc) is 2.63. The number of carbonyl (C=O) groups is 1. The van der Waals surface area contributed by atoms with E-state index >= 15 is 0 Å². The van der Waals surface area contributed by atoms with Gasteiger partial charge in [-0.05, 0) is 13.8 Å². The van der Waals surface area contributed by atoms with E-state index in [1.165, 1.54) is 0 Å². The molecule has 0 aromatic carbocycles. The van der Waals surface area contributed by atoms with Gasteiger partial charge >= 0.3 is 0 Å². The summed E-state index contributed by atoms with van der Waals surface area (Å²) in [5.74, 6) is 1.60. The van der Waals surface area contributed by atoms with Crippen LogP contribution in [0.15, 0.2) is 6.33 Å². The van der Waals surface area contributed by atoms with Gasteiger partial charge in [-0.2, -0.15) is 4.98 Å². The third-order valence-electron chi connectivity index (χ3n) is 4.90. The van der Waals surface area contributed by atoms with Gasteiger partial charge in [0.05, 0.1) is 18.8 Å². The van der Waals surface area contributed by atoms with E-state index in [4.69, 9.17) is 4.74 Å². The zero-order valence-electron chi connectivity index (χ0n) is 14.7. The van der Waals surface area contributed by atoms with Crippen molar-refractivity contribution >= 4 is 17.8 Å². The van der Waals surface area contributed by atoms with Gasteiger partial charge in [0, 0.05) is 39.1 Å². The largest absolute Gasteiger partial charge is 0.375 e. The number of nitrogens with zero attached hydrogens (tertiary/aromatic N) is 6. The molecule has 1 aromatic rings. The third-order valence-corrected chi connectivity index (χ3v) is 4.90. The highest BCUT2D eigenvalue weighted by molar-refractivity contribution is 5.76. The lowest BCUT2D eigenvalue weighted by Crippen LogP contribution is -2.50. The lowest BCUT2D eigenvalue weighted by molar-refractivity contribution is -0.131. The summed E-state index contributed by atoms with van der Waals surface area (Å²) in [6.45, 7) is 10.5. The fourth-order valence-electron chi connectivity index (χ4n) is 3.16. The van der Waals surface area contributed by atoms with E-state index in [1.54, 1.807) is 6.33 Å². The van der Waals surface area contributed by atoms with Crippen molar-refractivity contribution in [1.82, 2.24) is 19.9 Å². The molecule has 132 valence electrons. The Bertz CT molecular complexity index is 575. The standard InChI is InChI=1S/C16H26N6O2/c1-4-14(23)20-5-7-21(8-6-20)15-17-11-18-16(19-15)22-9-10-24-13(3)12(22)2/h11-13H,4-10H2,1-3H3/t12-,13+/m1/s1. The summed E-state index contributed by atoms with van der Waals surface area (Å²) in [7, 11) is 0. The molecule has 0 N–H and O–H groups in total. The van der Waals surface area contributed by atoms with Crippen LogP contribution in [0.1, 0.15) is 27.2 Å². The van der Waals surface area contributed by atoms with Crippen LogP contribution in [-0.4, -0.2) is 77.2 Å². The van der Waals surface area contributed by atoms with Gasteiger partial charge in [0.25, 0.3) is 0 Å². The summed E-state index contributed by atoms with van der Waals surface area (Å²) < 4.78 is 5.67. The van der Waals surface area contributed by atoms with Crippen LogP contribution in [0.3, 0.4) is 0 Å². The SMILES string of the molecule is CCC(=O)N1CCN(c2ncnc(N3CCO[C@@H](C)[C@H]3C)n2)CC1. The van der Waals surface area contributed by atoms with E-state index in [9.17, 15) is 4.79 Å². The maximum atomic E-state index is 11.8. The molecule has 0 radical (unpaired) electrons. The molecule has 8 heteroatoms. The van der Waals surface area contributed by atoms with Gasteiger partial charge in [-0.25, -0.2) is 9.97 Å². The lowest BCUT2D eigenvalue weighted by atomic mass is 10.1. The number of ether oxygens (including phenoxy) is 1. The molecule has 3 heterocycles. The minimum absolute atomic E-state index is 0.155. The molecule has 0 bridgehead atoms. The molecule has 2 aliphatic rings. The molecule has 0 aliphatic carbocycles. The summed E-state index contributed by atoms with van der Waals surface area (Å²) in [5.41, 5.74) is 0. The van der Waals surface area contributed by atoms with E-state index in [-0.39, 0.29) is 18.1 Å². The van der Waals surface area contributed by atoms with E-state index < -0.39 is 0 Å². The van der Waals surface area contributed by atoms with Gasteiger partial charge in [0.15, 0.2) is 0 Å². The maximum absolute atomic E-state index is 11.8. The topological polar surface area (TPSA) is 74.7 Å². The van der Waals surface area contributed by atoms with Crippen molar-refractivity contribution in [3.63, 3.8) is 0 Å². The van der Waals surface area contributed by atoms with E-state index in [2.05, 4.69) is 38.6 Å². The Morgan fingerprint density at radius 2 is 1.88 bits per heavy atom. The number of carbonyl (C=O) groups excluding carboxylic acids is 1. The molecule has 0 saturated carbocycles. The minimum atomic E-state index is 0.155. The van der Waals surface area contributed by atoms with Gasteiger partial charge in [0.2, 0.25) is 17.8 Å². The van der Waals surface area contributed by atoms with Crippen molar-refractivity contribution in [2.24, 2.45) is 0 Å². The minimum Gasteiger partial charge on any atom is -0.375 e. The van der Waals surface area contributed by atoms with Crippen molar-refractivity contribution in [1.29, 1.82) is 0 Å². The first-order valence-corrected chi connectivity index (χ1v) is 8.70. The van der Waals surface area contributed by atoms with Crippen LogP contribution in [-0.2, 0) is 9.53 Å². The fourth-order valence-corrected chi connectivity index (χ4v) is 3.16. The first-order valence-electron chi connectivity index (χ1n) is 8.70. The second-order valence-corrected chi connectivity index (χ2v) is 6.32. The van der Waals surface area contributed by atoms with Crippen LogP contribution in [0.2, 0.25) is 0 Å². The zero-order valence-corrected chi connectivity index (χ0v) is 14.7. The summed E-state index contributed by atoms with van der Waals surface area (Å²) in [6, 6.07) is 0.230. The molecule has 0 spiro atoms. The van der Waals surface area contributed by atoms with Crippen LogP contribution >= 0.6 is 0 Å². The first-order chi connectivity index (χ1) is 11.6. The molecule has 3 rings (SSSR count). The number of hydrogen-bond donors (Lipinski definition) is 0. The van der Waals surface area contributed by atoms with Crippen LogP contribution in [0.25, 0.3) is 0 Å². The summed E-state index contributed by atoms with van der Waals surface area (Å²) in [4.78, 5) is 31.3. The maximum Gasteiger partial charge on any atom is 0.230 e. The molecule has 1 amide bonds. The normalized spacial score (nSPS) is 25.0. The van der Waals surface area contributed by atoms with Gasteiger partial charge < -0.3 is 19.4 Å².